The lowest BCUT2D eigenvalue weighted by Gasteiger charge is -2.02. The van der Waals surface area contributed by atoms with E-state index in [9.17, 15) is 0 Å². The van der Waals surface area contributed by atoms with E-state index in [1.807, 2.05) is 25.1 Å². The van der Waals surface area contributed by atoms with Gasteiger partial charge in [-0.1, -0.05) is 0 Å². The molecule has 0 amide bonds. The maximum Gasteiger partial charge on any atom is 0.354 e. The number of aryl methyl sites for hydroxylation is 1. The van der Waals surface area contributed by atoms with E-state index < -0.39 is 0 Å². The largest absolute Gasteiger partial charge is 0.497 e. The topological polar surface area (TPSA) is 101 Å². The van der Waals surface area contributed by atoms with E-state index in [1.54, 1.807) is 7.11 Å². The summed E-state index contributed by atoms with van der Waals surface area (Å²) in [6.45, 7) is 1.90. The van der Waals surface area contributed by atoms with Crippen molar-refractivity contribution in [3.05, 3.63) is 23.9 Å². The quantitative estimate of drug-likeness (QED) is 0.452. The highest BCUT2D eigenvalue weighted by atomic mass is 16.5. The van der Waals surface area contributed by atoms with E-state index in [2.05, 4.69) is 15.0 Å². The van der Waals surface area contributed by atoms with Crippen LogP contribution in [0, 0.1) is 6.92 Å². The van der Waals surface area contributed by atoms with E-state index >= 15 is 0 Å². The molecular formula is C11H14N5O+. The van der Waals surface area contributed by atoms with Crippen molar-refractivity contribution in [2.75, 3.05) is 7.11 Å². The second kappa shape index (κ2) is 4.25. The Labute approximate surface area is 98.3 Å². The van der Waals surface area contributed by atoms with Crippen molar-refractivity contribution in [3.63, 3.8) is 0 Å². The van der Waals surface area contributed by atoms with Crippen LogP contribution >= 0.6 is 0 Å². The number of aromatic nitrogens is 2. The molecule has 0 spiro atoms. The Morgan fingerprint density at radius 1 is 1.29 bits per heavy atom. The van der Waals surface area contributed by atoms with Gasteiger partial charge >= 0.3 is 5.95 Å². The summed E-state index contributed by atoms with van der Waals surface area (Å²) in [5.41, 5.74) is 12.3. The summed E-state index contributed by atoms with van der Waals surface area (Å²) in [5.74, 6) is 1.18. The van der Waals surface area contributed by atoms with Gasteiger partial charge in [-0.3, -0.25) is 0 Å². The van der Waals surface area contributed by atoms with Crippen molar-refractivity contribution < 1.29 is 9.73 Å². The van der Waals surface area contributed by atoms with Gasteiger partial charge < -0.3 is 16.2 Å². The molecule has 17 heavy (non-hydrogen) atoms. The molecule has 0 atom stereocenters. The van der Waals surface area contributed by atoms with Crippen molar-refractivity contribution in [1.29, 1.82) is 0 Å². The van der Waals surface area contributed by atoms with E-state index in [1.165, 1.54) is 0 Å². The molecule has 6 nitrogen and oxygen atoms in total. The first-order valence-electron chi connectivity index (χ1n) is 5.07. The number of hydrogen-bond acceptors (Lipinski definition) is 3. The van der Waals surface area contributed by atoms with Gasteiger partial charge in [0.25, 0.3) is 5.96 Å². The average molecular weight is 232 g/mol. The van der Waals surface area contributed by atoms with Crippen LogP contribution in [0.4, 0.5) is 5.95 Å². The molecular weight excluding hydrogens is 218 g/mol. The third-order valence-electron chi connectivity index (χ3n) is 2.35. The first-order valence-corrected chi connectivity index (χ1v) is 5.07. The number of nitrogens with zero attached hydrogens (tertiary/aromatic N) is 2. The summed E-state index contributed by atoms with van der Waals surface area (Å²) in [6, 6.07) is 5.62. The third-order valence-corrected chi connectivity index (χ3v) is 2.35. The standard InChI is InChI=1S/C11H13N5O/c1-6-8-4-3-7(17-2)5-9(8)15-11(14-6)16-10(12)13/h3-5H,1-2H3,(H4,12,13,14,15,16)/p+1. The van der Waals surface area contributed by atoms with Crippen molar-refractivity contribution in [2.45, 2.75) is 6.92 Å². The summed E-state index contributed by atoms with van der Waals surface area (Å²) in [6.07, 6.45) is 0. The fourth-order valence-corrected chi connectivity index (χ4v) is 1.58. The second-order valence-corrected chi connectivity index (χ2v) is 3.60. The van der Waals surface area contributed by atoms with Crippen molar-refractivity contribution >= 4 is 22.8 Å². The Morgan fingerprint density at radius 3 is 2.71 bits per heavy atom. The molecule has 0 aliphatic rings. The monoisotopic (exact) mass is 232 g/mol. The third kappa shape index (κ3) is 2.25. The number of rotatable bonds is 2. The zero-order valence-electron chi connectivity index (χ0n) is 9.69. The van der Waals surface area contributed by atoms with Crippen LogP contribution in [0.2, 0.25) is 0 Å². The molecule has 0 saturated carbocycles. The molecule has 1 aromatic heterocycles. The lowest BCUT2D eigenvalue weighted by atomic mass is 10.2. The molecule has 0 fully saturated rings. The Hall–Kier alpha value is -2.37. The highest BCUT2D eigenvalue weighted by Crippen LogP contribution is 2.21. The van der Waals surface area contributed by atoms with Crippen LogP contribution in [0.1, 0.15) is 5.69 Å². The van der Waals surface area contributed by atoms with Crippen LogP contribution in [0.5, 0.6) is 5.75 Å². The van der Waals surface area contributed by atoms with Gasteiger partial charge in [-0.15, -0.1) is 9.97 Å². The van der Waals surface area contributed by atoms with Crippen molar-refractivity contribution in [2.24, 2.45) is 11.5 Å². The van der Waals surface area contributed by atoms with Gasteiger partial charge in [-0.25, -0.2) is 4.99 Å². The molecule has 0 aliphatic heterocycles. The molecule has 2 rings (SSSR count). The van der Waals surface area contributed by atoms with Crippen LogP contribution in [0.3, 0.4) is 0 Å². The summed E-state index contributed by atoms with van der Waals surface area (Å²) in [7, 11) is 1.61. The molecule has 0 unspecified atom stereocenters. The fourth-order valence-electron chi connectivity index (χ4n) is 1.58. The summed E-state index contributed by atoms with van der Waals surface area (Å²) in [5, 5.41) is 0.965. The number of hydrogen-bond donors (Lipinski definition) is 3. The molecule has 1 aromatic carbocycles. The number of methoxy groups -OCH3 is 1. The Morgan fingerprint density at radius 2 is 2.06 bits per heavy atom. The van der Waals surface area contributed by atoms with Gasteiger partial charge in [0.15, 0.2) is 0 Å². The minimum Gasteiger partial charge on any atom is -0.497 e. The van der Waals surface area contributed by atoms with Crippen molar-refractivity contribution in [3.8, 4) is 5.75 Å². The number of ether oxygens (including phenoxy) is 1. The maximum absolute atomic E-state index is 5.35. The molecule has 0 saturated heterocycles. The molecule has 0 bridgehead atoms. The zero-order chi connectivity index (χ0) is 12.4. The van der Waals surface area contributed by atoms with E-state index in [0.29, 0.717) is 5.95 Å². The van der Waals surface area contributed by atoms with Gasteiger partial charge in [0, 0.05) is 11.5 Å². The van der Waals surface area contributed by atoms with Crippen LogP contribution in [-0.4, -0.2) is 23.0 Å². The smallest absolute Gasteiger partial charge is 0.354 e. The van der Waals surface area contributed by atoms with Gasteiger partial charge in [-0.2, -0.15) is 0 Å². The zero-order valence-corrected chi connectivity index (χ0v) is 9.69. The predicted octanol–water partition coefficient (Wildman–Crippen LogP) is -1.07. The number of fused-ring (bicyclic) bond motifs is 1. The van der Waals surface area contributed by atoms with E-state index in [4.69, 9.17) is 16.2 Å². The molecule has 88 valence electrons. The second-order valence-electron chi connectivity index (χ2n) is 3.60. The number of benzene rings is 1. The highest BCUT2D eigenvalue weighted by molar-refractivity contribution is 5.82. The Kier molecular flexibility index (Phi) is 2.78. The highest BCUT2D eigenvalue weighted by Gasteiger charge is 2.09. The normalized spacial score (nSPS) is 10.2. The number of nitrogens with two attached hydrogens (primary N) is 2. The first kappa shape index (κ1) is 11.1. The summed E-state index contributed by atoms with van der Waals surface area (Å²) < 4.78 is 5.15. The summed E-state index contributed by atoms with van der Waals surface area (Å²) in [4.78, 5) is 11.2. The van der Waals surface area contributed by atoms with E-state index in [0.717, 1.165) is 22.3 Å². The number of nitrogens with one attached hydrogen (secondary N) is 1. The summed E-state index contributed by atoms with van der Waals surface area (Å²) >= 11 is 0. The van der Waals surface area contributed by atoms with Crippen LogP contribution in [0.15, 0.2) is 18.2 Å². The SMILES string of the molecule is COc1ccc2c(C)nc([NH+]=C(N)N)nc2c1. The minimum absolute atomic E-state index is 0.0617. The van der Waals surface area contributed by atoms with Crippen LogP contribution in [0.25, 0.3) is 10.9 Å². The van der Waals surface area contributed by atoms with E-state index in [-0.39, 0.29) is 5.96 Å². The Bertz CT molecular complexity index is 590. The van der Waals surface area contributed by atoms with Gasteiger partial charge in [0.05, 0.1) is 12.8 Å². The molecule has 0 aliphatic carbocycles. The average Bonchev–Trinajstić information content (AvgIpc) is 2.27. The van der Waals surface area contributed by atoms with Gasteiger partial charge in [0.2, 0.25) is 0 Å². The molecule has 6 heteroatoms. The Balaban J connectivity index is 2.65. The predicted molar refractivity (Wildman–Crippen MR) is 64.8 cm³/mol. The molecule has 0 radical (unpaired) electrons. The fraction of sp³-hybridized carbons (Fsp3) is 0.182. The van der Waals surface area contributed by atoms with Crippen molar-refractivity contribution in [1.82, 2.24) is 9.97 Å². The lowest BCUT2D eigenvalue weighted by molar-refractivity contribution is -0.366. The van der Waals surface area contributed by atoms with Crippen LogP contribution < -0.4 is 21.2 Å². The van der Waals surface area contributed by atoms with Crippen LogP contribution in [-0.2, 0) is 0 Å². The molecule has 5 N–H and O–H groups in total. The lowest BCUT2D eigenvalue weighted by Crippen LogP contribution is -2.73. The maximum atomic E-state index is 5.35. The van der Waals surface area contributed by atoms with Gasteiger partial charge in [-0.05, 0) is 19.1 Å². The molecule has 1 heterocycles. The number of guanidine groups is 1. The first-order chi connectivity index (χ1) is 8.10. The minimum atomic E-state index is 0.0617. The molecule has 2 aromatic rings. The van der Waals surface area contributed by atoms with Gasteiger partial charge in [0.1, 0.15) is 11.3 Å².